The van der Waals surface area contributed by atoms with Crippen LogP contribution in [0.3, 0.4) is 0 Å². The molecule has 0 spiro atoms. The van der Waals surface area contributed by atoms with E-state index in [2.05, 4.69) is 87.3 Å². The molecular formula is C33H29F3N2O3. The van der Waals surface area contributed by atoms with E-state index in [0.29, 0.717) is 0 Å². The van der Waals surface area contributed by atoms with E-state index in [4.69, 9.17) is 19.3 Å². The molecule has 8 bridgehead atoms. The van der Waals surface area contributed by atoms with Crippen molar-refractivity contribution in [1.29, 1.82) is 0 Å². The number of allylic oxidation sites excluding steroid dienone is 2. The number of halogens is 3. The van der Waals surface area contributed by atoms with Crippen LogP contribution >= 0.6 is 0 Å². The molecule has 0 radical (unpaired) electrons. The number of rotatable bonds is 2. The molecule has 0 unspecified atom stereocenters. The number of aromatic amines is 1. The molecule has 1 aromatic carbocycles. The summed E-state index contributed by atoms with van der Waals surface area (Å²) in [7, 11) is 0. The monoisotopic (exact) mass is 558 g/mol. The maximum atomic E-state index is 10.6. The Labute approximate surface area is 235 Å². The summed E-state index contributed by atoms with van der Waals surface area (Å²) < 4.78 is 37.9. The number of nitrogens with one attached hydrogen (secondary N) is 1. The largest absolute Gasteiger partial charge is 0.490 e. The second-order valence-electron chi connectivity index (χ2n) is 9.97. The average Bonchev–Trinajstić information content (AvgIpc) is 3.66. The van der Waals surface area contributed by atoms with Gasteiger partial charge in [-0.3, -0.25) is 0 Å². The number of nitrogens with zero attached hydrogens (tertiary/aromatic N) is 1. The van der Waals surface area contributed by atoms with Crippen LogP contribution in [0.4, 0.5) is 13.2 Å². The van der Waals surface area contributed by atoms with Crippen molar-refractivity contribution in [2.75, 3.05) is 0 Å². The molecule has 2 aliphatic rings. The number of aryl methyl sites for hydroxylation is 2. The molecule has 8 heteroatoms. The molecule has 4 aromatic rings. The number of alkyl halides is 3. The minimum absolute atomic E-state index is 0.822. The van der Waals surface area contributed by atoms with E-state index in [1.54, 1.807) is 0 Å². The molecule has 1 aliphatic heterocycles. The van der Waals surface area contributed by atoms with Gasteiger partial charge in [0.1, 0.15) is 11.2 Å². The Kier molecular flexibility index (Phi) is 7.34. The predicted octanol–water partition coefficient (Wildman–Crippen LogP) is 9.36. The first kappa shape index (κ1) is 28.0. The van der Waals surface area contributed by atoms with Crippen LogP contribution in [0.2, 0.25) is 0 Å². The fourth-order valence-corrected chi connectivity index (χ4v) is 5.39. The van der Waals surface area contributed by atoms with Crippen LogP contribution in [0.25, 0.3) is 55.6 Å². The maximum Gasteiger partial charge on any atom is 0.490 e. The highest BCUT2D eigenvalue weighted by atomic mass is 19.4. The number of carboxylic acids is 1. The van der Waals surface area contributed by atoms with E-state index >= 15 is 0 Å². The van der Waals surface area contributed by atoms with Crippen LogP contribution in [0.15, 0.2) is 71.1 Å². The van der Waals surface area contributed by atoms with Crippen LogP contribution in [0, 0.1) is 6.92 Å². The van der Waals surface area contributed by atoms with Gasteiger partial charge in [-0.25, -0.2) is 9.78 Å². The van der Waals surface area contributed by atoms with Gasteiger partial charge in [0.2, 0.25) is 0 Å². The zero-order chi connectivity index (χ0) is 29.5. The Bertz CT molecular complexity index is 1860. The summed E-state index contributed by atoms with van der Waals surface area (Å²) in [4.78, 5) is 17.6. The van der Waals surface area contributed by atoms with Gasteiger partial charge < -0.3 is 14.5 Å². The third-order valence-corrected chi connectivity index (χ3v) is 7.45. The molecule has 6 rings (SSSR count). The molecule has 0 amide bonds. The number of carbonyl (C=O) groups is 1. The third-order valence-electron chi connectivity index (χ3n) is 7.45. The molecule has 0 saturated heterocycles. The molecule has 0 fully saturated rings. The van der Waals surface area contributed by atoms with Gasteiger partial charge in [0.15, 0.2) is 0 Å². The summed E-state index contributed by atoms with van der Waals surface area (Å²) in [5, 5.41) is 7.12. The van der Waals surface area contributed by atoms with Gasteiger partial charge in [-0.1, -0.05) is 38.1 Å². The summed E-state index contributed by atoms with van der Waals surface area (Å²) in [5.41, 5.74) is 16.0. The average molecular weight is 559 g/mol. The van der Waals surface area contributed by atoms with Crippen molar-refractivity contribution in [3.8, 4) is 22.3 Å². The Hall–Kier alpha value is -4.59. The van der Waals surface area contributed by atoms with Gasteiger partial charge in [0.05, 0.1) is 11.4 Å². The molecular weight excluding hydrogens is 529 g/mol. The predicted molar refractivity (Wildman–Crippen MR) is 156 cm³/mol. The molecule has 1 aliphatic carbocycles. The van der Waals surface area contributed by atoms with Gasteiger partial charge in [-0.2, -0.15) is 13.2 Å². The molecule has 3 aromatic heterocycles. The van der Waals surface area contributed by atoms with E-state index < -0.39 is 12.1 Å². The maximum absolute atomic E-state index is 10.6. The van der Waals surface area contributed by atoms with Crippen molar-refractivity contribution in [3.63, 3.8) is 0 Å². The van der Waals surface area contributed by atoms with E-state index in [-0.39, 0.29) is 0 Å². The Morgan fingerprint density at radius 3 is 2.05 bits per heavy atom. The highest BCUT2D eigenvalue weighted by Gasteiger charge is 2.38. The van der Waals surface area contributed by atoms with E-state index in [0.717, 1.165) is 46.4 Å². The van der Waals surface area contributed by atoms with Gasteiger partial charge in [-0.05, 0) is 108 Å². The number of aromatic nitrogens is 2. The first-order valence-corrected chi connectivity index (χ1v) is 13.3. The van der Waals surface area contributed by atoms with E-state index in [1.807, 2.05) is 12.1 Å². The lowest BCUT2D eigenvalue weighted by Gasteiger charge is -2.00. The number of H-pyrrole nitrogens is 1. The molecule has 5 nitrogen and oxygen atoms in total. The van der Waals surface area contributed by atoms with Crippen LogP contribution in [-0.2, 0) is 11.2 Å². The highest BCUT2D eigenvalue weighted by molar-refractivity contribution is 5.94. The topological polar surface area (TPSA) is 79.1 Å². The summed E-state index contributed by atoms with van der Waals surface area (Å²) >= 11 is 0. The van der Waals surface area contributed by atoms with E-state index in [9.17, 15) is 13.2 Å². The zero-order valence-corrected chi connectivity index (χ0v) is 23.1. The van der Waals surface area contributed by atoms with Crippen LogP contribution in [0.1, 0.15) is 49.7 Å². The second-order valence-corrected chi connectivity index (χ2v) is 9.97. The van der Waals surface area contributed by atoms with E-state index in [1.165, 1.54) is 44.5 Å². The van der Waals surface area contributed by atoms with Crippen molar-refractivity contribution in [2.24, 2.45) is 0 Å². The summed E-state index contributed by atoms with van der Waals surface area (Å²) in [6, 6.07) is 23.6. The first-order valence-electron chi connectivity index (χ1n) is 13.3. The second kappa shape index (κ2) is 10.8. The molecule has 0 atom stereocenters. The number of hydrogen-bond donors (Lipinski definition) is 2. The fraction of sp³-hybridized carbons (Fsp3) is 0.212. The van der Waals surface area contributed by atoms with Crippen molar-refractivity contribution in [3.05, 3.63) is 89.2 Å². The minimum Gasteiger partial charge on any atom is -0.475 e. The SMILES string of the molecule is CCC1=C(C)c2cc3ccc(cc4cc(cc5[nH]c(cc1n2)c(CC)c5C)-c1ccccc1-4)o3.O=C(O)C(F)(F)F. The lowest BCUT2D eigenvalue weighted by molar-refractivity contribution is -0.192. The van der Waals surface area contributed by atoms with Crippen LogP contribution in [-0.4, -0.2) is 27.2 Å². The Morgan fingerprint density at radius 1 is 0.854 bits per heavy atom. The zero-order valence-electron chi connectivity index (χ0n) is 23.1. The normalized spacial score (nSPS) is 12.6. The van der Waals surface area contributed by atoms with Crippen molar-refractivity contribution in [2.45, 2.75) is 46.7 Å². The third kappa shape index (κ3) is 5.42. The molecule has 210 valence electrons. The van der Waals surface area contributed by atoms with Crippen molar-refractivity contribution in [1.82, 2.24) is 9.97 Å². The van der Waals surface area contributed by atoms with Crippen molar-refractivity contribution >= 4 is 39.3 Å². The highest BCUT2D eigenvalue weighted by Crippen LogP contribution is 2.40. The molecule has 41 heavy (non-hydrogen) atoms. The number of fused-ring (bicyclic) bond motifs is 11. The minimum atomic E-state index is -5.08. The summed E-state index contributed by atoms with van der Waals surface area (Å²) in [6.45, 7) is 8.81. The summed E-state index contributed by atoms with van der Waals surface area (Å²) in [6.07, 6.45) is -3.17. The number of aliphatic carboxylic acids is 1. The number of hydrogen-bond acceptors (Lipinski definition) is 3. The number of furan rings is 1. The van der Waals surface area contributed by atoms with Gasteiger partial charge in [0, 0.05) is 17.1 Å². The quantitative estimate of drug-likeness (QED) is 0.226. The number of carboxylic acid groups (broad SMARTS) is 1. The Balaban J connectivity index is 0.000000431. The van der Waals surface area contributed by atoms with Gasteiger partial charge >= 0.3 is 12.1 Å². The van der Waals surface area contributed by atoms with Crippen molar-refractivity contribution < 1.29 is 27.5 Å². The molecule has 0 saturated carbocycles. The van der Waals surface area contributed by atoms with Gasteiger partial charge in [0.25, 0.3) is 0 Å². The Morgan fingerprint density at radius 2 is 1.46 bits per heavy atom. The lowest BCUT2D eigenvalue weighted by atomic mass is 10.0. The smallest absolute Gasteiger partial charge is 0.475 e. The first-order chi connectivity index (χ1) is 19.5. The molecule has 4 heterocycles. The fourth-order valence-electron chi connectivity index (χ4n) is 5.39. The van der Waals surface area contributed by atoms with Crippen LogP contribution < -0.4 is 0 Å². The number of benzene rings is 1. The lowest BCUT2D eigenvalue weighted by Crippen LogP contribution is -2.21. The molecule has 2 N–H and O–H groups in total. The van der Waals surface area contributed by atoms with Gasteiger partial charge in [-0.15, -0.1) is 0 Å². The van der Waals surface area contributed by atoms with Crippen LogP contribution in [0.5, 0.6) is 0 Å². The standard InChI is InChI=1S/C31H28N2O.C2HF3O2/c1-5-24-18(3)28-15-21-13-20(26-9-7-8-10-27(21)26)14-22-11-12-23(34-22)16-29-19(4)25(6-2)31(33-29)17-30(24)32-28;3-2(4,5)1(6)7/h7-17,32H,5-6H2,1-4H3;(H,6,7). The summed E-state index contributed by atoms with van der Waals surface area (Å²) in [5.74, 6) is -2.76.